The molecule has 4 nitrogen and oxygen atoms in total. The zero-order valence-electron chi connectivity index (χ0n) is 12.3. The largest absolute Gasteiger partial charge is 0.480 e. The van der Waals surface area contributed by atoms with Crippen LogP contribution in [0.15, 0.2) is 24.3 Å². The predicted molar refractivity (Wildman–Crippen MR) is 81.5 cm³/mol. The first-order valence-electron chi connectivity index (χ1n) is 7.19. The van der Waals surface area contributed by atoms with Crippen molar-refractivity contribution in [2.24, 2.45) is 0 Å². The maximum absolute atomic E-state index is 12.9. The average Bonchev–Trinajstić information content (AvgIpc) is 3.25. The molecule has 0 bridgehead atoms. The highest BCUT2D eigenvalue weighted by atomic mass is 35.5. The Bertz CT molecular complexity index is 537. The van der Waals surface area contributed by atoms with E-state index in [2.05, 4.69) is 0 Å². The number of hydrogen-bond donors (Lipinski definition) is 1. The van der Waals surface area contributed by atoms with Gasteiger partial charge >= 0.3 is 5.97 Å². The van der Waals surface area contributed by atoms with Gasteiger partial charge in [-0.3, -0.25) is 9.59 Å². The first-order chi connectivity index (χ1) is 9.90. The Morgan fingerprint density at radius 1 is 1.33 bits per heavy atom. The van der Waals surface area contributed by atoms with Gasteiger partial charge in [-0.1, -0.05) is 30.7 Å². The van der Waals surface area contributed by atoms with Crippen molar-refractivity contribution in [3.8, 4) is 0 Å². The van der Waals surface area contributed by atoms with E-state index in [0.29, 0.717) is 5.02 Å². The molecule has 1 aromatic rings. The third-order valence-electron chi connectivity index (χ3n) is 4.25. The molecule has 2 rings (SSSR count). The maximum atomic E-state index is 12.9. The van der Waals surface area contributed by atoms with Crippen molar-refractivity contribution < 1.29 is 14.7 Å². The monoisotopic (exact) mass is 309 g/mol. The van der Waals surface area contributed by atoms with E-state index >= 15 is 0 Å². The second-order valence-electron chi connectivity index (χ2n) is 5.67. The van der Waals surface area contributed by atoms with Crippen LogP contribution in [-0.2, 0) is 15.0 Å². The number of hydrogen-bond acceptors (Lipinski definition) is 2. The summed E-state index contributed by atoms with van der Waals surface area (Å²) in [6.07, 6.45) is 2.26. The molecular weight excluding hydrogens is 290 g/mol. The predicted octanol–water partition coefficient (Wildman–Crippen LogP) is 3.08. The third-order valence-corrected chi connectivity index (χ3v) is 4.50. The molecule has 0 aliphatic heterocycles. The van der Waals surface area contributed by atoms with Gasteiger partial charge in [0.1, 0.15) is 6.54 Å². The van der Waals surface area contributed by atoms with Crippen LogP contribution in [0.1, 0.15) is 38.7 Å². The second-order valence-corrected chi connectivity index (χ2v) is 6.11. The van der Waals surface area contributed by atoms with Gasteiger partial charge in [0.2, 0.25) is 5.91 Å². The molecular formula is C16H20ClNO3. The van der Waals surface area contributed by atoms with Crippen molar-refractivity contribution in [3.63, 3.8) is 0 Å². The lowest BCUT2D eigenvalue weighted by Gasteiger charge is -2.31. The van der Waals surface area contributed by atoms with E-state index in [1.54, 1.807) is 12.1 Å². The lowest BCUT2D eigenvalue weighted by Crippen LogP contribution is -2.46. The van der Waals surface area contributed by atoms with Crippen molar-refractivity contribution in [2.75, 3.05) is 6.54 Å². The minimum absolute atomic E-state index is 0.0819. The topological polar surface area (TPSA) is 57.6 Å². The lowest BCUT2D eigenvalue weighted by atomic mass is 9.93. The molecule has 5 heteroatoms. The quantitative estimate of drug-likeness (QED) is 0.878. The Balaban J connectivity index is 2.27. The van der Waals surface area contributed by atoms with Gasteiger partial charge < -0.3 is 10.0 Å². The molecule has 1 aromatic carbocycles. The summed E-state index contributed by atoms with van der Waals surface area (Å²) >= 11 is 5.89. The molecule has 1 unspecified atom stereocenters. The minimum Gasteiger partial charge on any atom is -0.480 e. The molecule has 1 aliphatic rings. The van der Waals surface area contributed by atoms with Crippen LogP contribution < -0.4 is 0 Å². The number of rotatable bonds is 6. The summed E-state index contributed by atoms with van der Waals surface area (Å²) in [5, 5.41) is 9.69. The van der Waals surface area contributed by atoms with Gasteiger partial charge in [0, 0.05) is 11.1 Å². The van der Waals surface area contributed by atoms with E-state index in [9.17, 15) is 9.59 Å². The summed E-state index contributed by atoms with van der Waals surface area (Å²) in [6.45, 7) is 3.59. The fourth-order valence-corrected chi connectivity index (χ4v) is 2.71. The molecule has 1 atom stereocenters. The Morgan fingerprint density at radius 2 is 1.90 bits per heavy atom. The van der Waals surface area contributed by atoms with E-state index in [-0.39, 0.29) is 18.5 Å². The number of benzene rings is 1. The van der Waals surface area contributed by atoms with Gasteiger partial charge in [0.05, 0.1) is 5.41 Å². The van der Waals surface area contributed by atoms with Crippen molar-refractivity contribution >= 4 is 23.5 Å². The number of halogens is 1. The van der Waals surface area contributed by atoms with Gasteiger partial charge in [-0.05, 0) is 43.9 Å². The zero-order chi connectivity index (χ0) is 15.6. The van der Waals surface area contributed by atoms with E-state index in [0.717, 1.165) is 24.8 Å². The van der Waals surface area contributed by atoms with Crippen LogP contribution in [0.25, 0.3) is 0 Å². The van der Waals surface area contributed by atoms with E-state index in [1.165, 1.54) is 4.90 Å². The second kappa shape index (κ2) is 6.06. The van der Waals surface area contributed by atoms with Crippen LogP contribution in [-0.4, -0.2) is 34.5 Å². The SMILES string of the molecule is CCC(C)N(CC(=O)O)C(=O)C1(c2ccc(Cl)cc2)CC1. The lowest BCUT2D eigenvalue weighted by molar-refractivity contribution is -0.147. The molecule has 21 heavy (non-hydrogen) atoms. The summed E-state index contributed by atoms with van der Waals surface area (Å²) in [5.41, 5.74) is 0.374. The molecule has 0 heterocycles. The number of carbonyl (C=O) groups excluding carboxylic acids is 1. The van der Waals surface area contributed by atoms with Gasteiger partial charge in [-0.15, -0.1) is 0 Å². The Morgan fingerprint density at radius 3 is 2.33 bits per heavy atom. The van der Waals surface area contributed by atoms with Crippen LogP contribution in [0, 0.1) is 0 Å². The van der Waals surface area contributed by atoms with E-state index in [1.807, 2.05) is 26.0 Å². The van der Waals surface area contributed by atoms with Crippen LogP contribution >= 0.6 is 11.6 Å². The van der Waals surface area contributed by atoms with Gasteiger partial charge in [0.25, 0.3) is 0 Å². The molecule has 1 amide bonds. The number of amides is 1. The summed E-state index contributed by atoms with van der Waals surface area (Å²) in [5.74, 6) is -1.06. The summed E-state index contributed by atoms with van der Waals surface area (Å²) in [7, 11) is 0. The normalized spacial score (nSPS) is 17.1. The highest BCUT2D eigenvalue weighted by Gasteiger charge is 2.53. The molecule has 0 aromatic heterocycles. The van der Waals surface area contributed by atoms with Crippen LogP contribution in [0.2, 0.25) is 5.02 Å². The Hall–Kier alpha value is -1.55. The average molecular weight is 310 g/mol. The van der Waals surface area contributed by atoms with Crippen molar-refractivity contribution in [1.82, 2.24) is 4.90 Å². The highest BCUT2D eigenvalue weighted by Crippen LogP contribution is 2.50. The van der Waals surface area contributed by atoms with Gasteiger partial charge in [-0.2, -0.15) is 0 Å². The maximum Gasteiger partial charge on any atom is 0.323 e. The summed E-state index contributed by atoms with van der Waals surface area (Å²) < 4.78 is 0. The van der Waals surface area contributed by atoms with Crippen molar-refractivity contribution in [3.05, 3.63) is 34.9 Å². The van der Waals surface area contributed by atoms with Crippen molar-refractivity contribution in [2.45, 2.75) is 44.6 Å². The van der Waals surface area contributed by atoms with Gasteiger partial charge in [-0.25, -0.2) is 0 Å². The van der Waals surface area contributed by atoms with E-state index in [4.69, 9.17) is 16.7 Å². The van der Waals surface area contributed by atoms with Crippen LogP contribution in [0.3, 0.4) is 0 Å². The summed E-state index contributed by atoms with van der Waals surface area (Å²) in [4.78, 5) is 25.4. The molecule has 0 spiro atoms. The highest BCUT2D eigenvalue weighted by molar-refractivity contribution is 6.30. The standard InChI is InChI=1S/C16H20ClNO3/c1-3-11(2)18(10-14(19)20)15(21)16(8-9-16)12-4-6-13(17)7-5-12/h4-7,11H,3,8-10H2,1-2H3,(H,19,20). The summed E-state index contributed by atoms with van der Waals surface area (Å²) in [6, 6.07) is 7.19. The minimum atomic E-state index is -0.976. The number of aliphatic carboxylic acids is 1. The first kappa shape index (κ1) is 15.8. The molecule has 1 saturated carbocycles. The van der Waals surface area contributed by atoms with E-state index < -0.39 is 11.4 Å². The van der Waals surface area contributed by atoms with Crippen LogP contribution in [0.4, 0.5) is 0 Å². The van der Waals surface area contributed by atoms with Crippen molar-refractivity contribution in [1.29, 1.82) is 0 Å². The Kier molecular flexibility index (Phi) is 4.57. The number of carboxylic acids is 1. The smallest absolute Gasteiger partial charge is 0.323 e. The fraction of sp³-hybridized carbons (Fsp3) is 0.500. The van der Waals surface area contributed by atoms with Gasteiger partial charge in [0.15, 0.2) is 0 Å². The third kappa shape index (κ3) is 3.21. The first-order valence-corrected chi connectivity index (χ1v) is 7.57. The van der Waals surface area contributed by atoms with Crippen LogP contribution in [0.5, 0.6) is 0 Å². The molecule has 1 fully saturated rings. The fourth-order valence-electron chi connectivity index (χ4n) is 2.59. The molecule has 0 saturated heterocycles. The molecule has 114 valence electrons. The number of carboxylic acid groups (broad SMARTS) is 1. The molecule has 1 N–H and O–H groups in total. The number of carbonyl (C=O) groups is 2. The number of nitrogens with zero attached hydrogens (tertiary/aromatic N) is 1. The zero-order valence-corrected chi connectivity index (χ0v) is 13.1. The molecule has 0 radical (unpaired) electrons. The molecule has 1 aliphatic carbocycles. The Labute approximate surface area is 129 Å².